The molecular formula is C33H36N2O4. The first-order valence-corrected chi connectivity index (χ1v) is 13.1. The lowest BCUT2D eigenvalue weighted by Gasteiger charge is -2.43. The van der Waals surface area contributed by atoms with Gasteiger partial charge in [0.25, 0.3) is 5.91 Å². The van der Waals surface area contributed by atoms with Crippen LogP contribution in [0.25, 0.3) is 0 Å². The molecule has 1 aliphatic rings. The van der Waals surface area contributed by atoms with E-state index < -0.39 is 12.1 Å². The van der Waals surface area contributed by atoms with Gasteiger partial charge < -0.3 is 20.4 Å². The van der Waals surface area contributed by atoms with Crippen LogP contribution in [0.5, 0.6) is 0 Å². The molecule has 0 aromatic heterocycles. The molecule has 0 saturated heterocycles. The number of carboxylic acids is 1. The third-order valence-electron chi connectivity index (χ3n) is 7.64. The molecule has 202 valence electrons. The van der Waals surface area contributed by atoms with Gasteiger partial charge in [-0.05, 0) is 95.0 Å². The molecule has 1 unspecified atom stereocenters. The van der Waals surface area contributed by atoms with E-state index in [2.05, 4.69) is 44.9 Å². The highest BCUT2D eigenvalue weighted by atomic mass is 16.4. The van der Waals surface area contributed by atoms with Crippen LogP contribution in [0.4, 0.5) is 11.4 Å². The Hall–Kier alpha value is -4.08. The quantitative estimate of drug-likeness (QED) is 0.349. The largest absolute Gasteiger partial charge is 0.478 e. The second kappa shape index (κ2) is 10.6. The molecule has 3 N–H and O–H groups in total. The number of carbonyl (C=O) groups excluding carboxylic acids is 1. The fourth-order valence-corrected chi connectivity index (χ4v) is 5.11. The average molecular weight is 525 g/mol. The third-order valence-corrected chi connectivity index (χ3v) is 7.64. The number of amides is 1. The van der Waals surface area contributed by atoms with Crippen molar-refractivity contribution in [2.45, 2.75) is 57.5 Å². The SMILES string of the molecule is CN(C)c1ccc(C(=O)Nc2cc(C(O)C#Cc3ccc(C(=O)O)cc3)cc3c2C(C)(C)CCC3(C)C)cc1. The number of carbonyl (C=O) groups is 2. The number of hydrogen-bond acceptors (Lipinski definition) is 4. The Morgan fingerprint density at radius 3 is 2.08 bits per heavy atom. The van der Waals surface area contributed by atoms with Gasteiger partial charge in [0.1, 0.15) is 6.10 Å². The Balaban J connectivity index is 1.73. The predicted molar refractivity (Wildman–Crippen MR) is 156 cm³/mol. The van der Waals surface area contributed by atoms with E-state index in [-0.39, 0.29) is 22.3 Å². The number of fused-ring (bicyclic) bond motifs is 1. The number of carboxylic acid groups (broad SMARTS) is 1. The number of anilines is 2. The van der Waals surface area contributed by atoms with Crippen LogP contribution in [0.2, 0.25) is 0 Å². The molecule has 39 heavy (non-hydrogen) atoms. The summed E-state index contributed by atoms with van der Waals surface area (Å²) in [6.07, 6.45) is 0.861. The second-order valence-electron chi connectivity index (χ2n) is 11.7. The zero-order valence-electron chi connectivity index (χ0n) is 23.4. The van der Waals surface area contributed by atoms with Crippen molar-refractivity contribution in [1.82, 2.24) is 0 Å². The molecule has 0 heterocycles. The number of hydrogen-bond donors (Lipinski definition) is 3. The van der Waals surface area contributed by atoms with Gasteiger partial charge in [-0.1, -0.05) is 45.6 Å². The Kier molecular flexibility index (Phi) is 7.59. The van der Waals surface area contributed by atoms with Crippen molar-refractivity contribution in [3.63, 3.8) is 0 Å². The van der Waals surface area contributed by atoms with Gasteiger partial charge >= 0.3 is 5.97 Å². The highest BCUT2D eigenvalue weighted by Crippen LogP contribution is 2.49. The molecular weight excluding hydrogens is 488 g/mol. The molecule has 4 rings (SSSR count). The molecule has 0 saturated carbocycles. The van der Waals surface area contributed by atoms with E-state index in [9.17, 15) is 14.7 Å². The summed E-state index contributed by atoms with van der Waals surface area (Å²) in [7, 11) is 3.91. The first-order chi connectivity index (χ1) is 18.3. The normalized spacial score (nSPS) is 15.8. The van der Waals surface area contributed by atoms with Crippen LogP contribution in [-0.2, 0) is 10.8 Å². The second-order valence-corrected chi connectivity index (χ2v) is 11.7. The molecule has 0 bridgehead atoms. The highest BCUT2D eigenvalue weighted by molar-refractivity contribution is 6.05. The lowest BCUT2D eigenvalue weighted by atomic mass is 9.62. The minimum atomic E-state index is -1.09. The van der Waals surface area contributed by atoms with E-state index in [0.717, 1.165) is 29.7 Å². The maximum Gasteiger partial charge on any atom is 0.335 e. The van der Waals surface area contributed by atoms with Crippen molar-refractivity contribution in [2.24, 2.45) is 0 Å². The van der Waals surface area contributed by atoms with E-state index in [1.54, 1.807) is 12.1 Å². The third kappa shape index (κ3) is 6.00. The monoisotopic (exact) mass is 524 g/mol. The first-order valence-electron chi connectivity index (χ1n) is 13.1. The lowest BCUT2D eigenvalue weighted by molar-refractivity contribution is 0.0696. The van der Waals surface area contributed by atoms with Crippen molar-refractivity contribution in [1.29, 1.82) is 0 Å². The maximum atomic E-state index is 13.4. The van der Waals surface area contributed by atoms with Crippen molar-refractivity contribution in [2.75, 3.05) is 24.3 Å². The molecule has 0 fully saturated rings. The van der Waals surface area contributed by atoms with Gasteiger partial charge in [-0.15, -0.1) is 0 Å². The van der Waals surface area contributed by atoms with E-state index in [1.165, 1.54) is 12.1 Å². The van der Waals surface area contributed by atoms with E-state index in [4.69, 9.17) is 5.11 Å². The fourth-order valence-electron chi connectivity index (χ4n) is 5.11. The van der Waals surface area contributed by atoms with Crippen LogP contribution < -0.4 is 10.2 Å². The summed E-state index contributed by atoms with van der Waals surface area (Å²) in [6.45, 7) is 8.77. The van der Waals surface area contributed by atoms with E-state index >= 15 is 0 Å². The van der Waals surface area contributed by atoms with Crippen LogP contribution in [0.3, 0.4) is 0 Å². The zero-order valence-corrected chi connectivity index (χ0v) is 23.4. The summed E-state index contributed by atoms with van der Waals surface area (Å²) >= 11 is 0. The predicted octanol–water partition coefficient (Wildman–Crippen LogP) is 6.14. The van der Waals surface area contributed by atoms with Gasteiger partial charge in [-0.2, -0.15) is 0 Å². The number of aliphatic hydroxyl groups excluding tert-OH is 1. The van der Waals surface area contributed by atoms with Gasteiger partial charge in [0, 0.05) is 36.6 Å². The van der Waals surface area contributed by atoms with E-state index in [0.29, 0.717) is 22.4 Å². The van der Waals surface area contributed by atoms with Crippen LogP contribution in [0.1, 0.15) is 89.6 Å². The zero-order chi connectivity index (χ0) is 28.5. The lowest BCUT2D eigenvalue weighted by Crippen LogP contribution is -2.35. The average Bonchev–Trinajstić information content (AvgIpc) is 2.89. The smallest absolute Gasteiger partial charge is 0.335 e. The number of nitrogens with zero attached hydrogens (tertiary/aromatic N) is 1. The minimum absolute atomic E-state index is 0.145. The molecule has 0 aliphatic heterocycles. The summed E-state index contributed by atoms with van der Waals surface area (Å²) in [6, 6.07) is 17.5. The van der Waals surface area contributed by atoms with Crippen LogP contribution in [0, 0.1) is 11.8 Å². The standard InChI is InChI=1S/C33H36N2O4/c1-32(2)17-18-33(3,4)29-26(32)19-24(28(36)16-9-21-7-10-23(11-8-21)31(38)39)20-27(29)34-30(37)22-12-14-25(15-13-22)35(5)6/h7-8,10-15,19-20,28,36H,17-18H2,1-6H3,(H,34,37)(H,38,39). The van der Waals surface area contributed by atoms with Gasteiger partial charge in [0.05, 0.1) is 5.56 Å². The molecule has 1 aliphatic carbocycles. The fraction of sp³-hybridized carbons (Fsp3) is 0.333. The van der Waals surface area contributed by atoms with E-state index in [1.807, 2.05) is 55.4 Å². The number of aromatic carboxylic acids is 1. The topological polar surface area (TPSA) is 89.9 Å². The Bertz CT molecular complexity index is 1460. The van der Waals surface area contributed by atoms with Gasteiger partial charge in [0.2, 0.25) is 0 Å². The molecule has 1 amide bonds. The molecule has 0 radical (unpaired) electrons. The Morgan fingerprint density at radius 1 is 0.897 bits per heavy atom. The summed E-state index contributed by atoms with van der Waals surface area (Å²) in [5, 5.41) is 23.4. The summed E-state index contributed by atoms with van der Waals surface area (Å²) in [5.41, 5.74) is 5.51. The summed E-state index contributed by atoms with van der Waals surface area (Å²) in [5.74, 6) is 4.62. The molecule has 6 nitrogen and oxygen atoms in total. The van der Waals surface area contributed by atoms with Crippen molar-refractivity contribution in [3.8, 4) is 11.8 Å². The summed E-state index contributed by atoms with van der Waals surface area (Å²) in [4.78, 5) is 26.5. The molecule has 3 aromatic carbocycles. The molecule has 0 spiro atoms. The summed E-state index contributed by atoms with van der Waals surface area (Å²) < 4.78 is 0. The van der Waals surface area contributed by atoms with Crippen molar-refractivity contribution < 1.29 is 19.8 Å². The maximum absolute atomic E-state index is 13.4. The van der Waals surface area contributed by atoms with Crippen LogP contribution in [-0.4, -0.2) is 36.2 Å². The van der Waals surface area contributed by atoms with Crippen molar-refractivity contribution >= 4 is 23.3 Å². The molecule has 1 atom stereocenters. The Morgan fingerprint density at radius 2 is 1.49 bits per heavy atom. The minimum Gasteiger partial charge on any atom is -0.478 e. The Labute approximate surface area is 230 Å². The number of aliphatic hydroxyl groups is 1. The van der Waals surface area contributed by atoms with Gasteiger partial charge in [0.15, 0.2) is 0 Å². The number of rotatable bonds is 5. The van der Waals surface area contributed by atoms with Crippen LogP contribution in [0.15, 0.2) is 60.7 Å². The first kappa shape index (κ1) is 27.9. The number of nitrogens with one attached hydrogen (secondary N) is 1. The highest BCUT2D eigenvalue weighted by Gasteiger charge is 2.39. The van der Waals surface area contributed by atoms with Crippen LogP contribution >= 0.6 is 0 Å². The molecule has 3 aromatic rings. The van der Waals surface area contributed by atoms with Gasteiger partial charge in [-0.3, -0.25) is 4.79 Å². The van der Waals surface area contributed by atoms with Crippen molar-refractivity contribution in [3.05, 3.63) is 94.0 Å². The molecule has 6 heteroatoms. The number of benzene rings is 3. The van der Waals surface area contributed by atoms with Gasteiger partial charge in [-0.25, -0.2) is 4.79 Å².